The van der Waals surface area contributed by atoms with E-state index in [-0.39, 0.29) is 5.78 Å². The summed E-state index contributed by atoms with van der Waals surface area (Å²) in [4.78, 5) is 12.2. The first-order valence-electron chi connectivity index (χ1n) is 7.21. The van der Waals surface area contributed by atoms with E-state index in [0.29, 0.717) is 30.3 Å². The average Bonchev–Trinajstić information content (AvgIpc) is 2.56. The molecule has 114 valence electrons. The fourth-order valence-corrected chi connectivity index (χ4v) is 2.46. The first kappa shape index (κ1) is 14.9. The molecular formula is C17H17ClN2O2. The Hall–Kier alpha value is -2.04. The fourth-order valence-electron chi connectivity index (χ4n) is 2.34. The molecule has 2 aromatic rings. The number of Topliss-reactive ketones (excluding diaryl/α,β-unsaturated/α-hetero) is 1. The minimum atomic E-state index is 0.0594. The lowest BCUT2D eigenvalue weighted by atomic mass is 10.1. The Labute approximate surface area is 134 Å². The van der Waals surface area contributed by atoms with Crippen molar-refractivity contribution in [3.05, 3.63) is 58.6 Å². The summed E-state index contributed by atoms with van der Waals surface area (Å²) in [5, 5.41) is 7.10. The van der Waals surface area contributed by atoms with Crippen LogP contribution in [0.3, 0.4) is 0 Å². The Bertz CT molecular complexity index is 671. The van der Waals surface area contributed by atoms with Crippen molar-refractivity contribution in [3.63, 3.8) is 0 Å². The minimum Gasteiger partial charge on any atom is -0.490 e. The van der Waals surface area contributed by atoms with Crippen molar-refractivity contribution in [3.8, 4) is 5.75 Å². The van der Waals surface area contributed by atoms with E-state index in [9.17, 15) is 4.79 Å². The highest BCUT2D eigenvalue weighted by Crippen LogP contribution is 2.28. The highest BCUT2D eigenvalue weighted by atomic mass is 35.5. The Kier molecular flexibility index (Phi) is 4.61. The van der Waals surface area contributed by atoms with Gasteiger partial charge < -0.3 is 15.4 Å². The first-order chi connectivity index (χ1) is 10.7. The molecule has 2 N–H and O–H groups in total. The van der Waals surface area contributed by atoms with Gasteiger partial charge in [-0.15, -0.1) is 0 Å². The zero-order valence-electron chi connectivity index (χ0n) is 12.1. The lowest BCUT2D eigenvalue weighted by Crippen LogP contribution is -2.23. The molecule has 5 heteroatoms. The van der Waals surface area contributed by atoms with E-state index in [2.05, 4.69) is 10.6 Å². The van der Waals surface area contributed by atoms with Crippen LogP contribution in [-0.2, 0) is 6.54 Å². The van der Waals surface area contributed by atoms with Crippen LogP contribution in [0.5, 0.6) is 5.75 Å². The van der Waals surface area contributed by atoms with Gasteiger partial charge in [-0.2, -0.15) is 0 Å². The molecule has 0 aromatic heterocycles. The number of rotatable bonds is 5. The van der Waals surface area contributed by atoms with Crippen LogP contribution in [0.15, 0.2) is 42.5 Å². The molecule has 0 amide bonds. The van der Waals surface area contributed by atoms with Gasteiger partial charge in [-0.1, -0.05) is 23.7 Å². The Balaban J connectivity index is 1.56. The number of anilines is 1. The average molecular weight is 317 g/mol. The van der Waals surface area contributed by atoms with Gasteiger partial charge >= 0.3 is 0 Å². The van der Waals surface area contributed by atoms with Crippen molar-refractivity contribution >= 4 is 23.1 Å². The molecule has 22 heavy (non-hydrogen) atoms. The topological polar surface area (TPSA) is 50.4 Å². The third-order valence-corrected chi connectivity index (χ3v) is 3.76. The van der Waals surface area contributed by atoms with Crippen molar-refractivity contribution in [1.82, 2.24) is 5.32 Å². The quantitative estimate of drug-likeness (QED) is 0.832. The number of hydrogen-bond donors (Lipinski definition) is 2. The van der Waals surface area contributed by atoms with Crippen LogP contribution in [-0.4, -0.2) is 25.5 Å². The van der Waals surface area contributed by atoms with Crippen LogP contribution in [0.25, 0.3) is 0 Å². The normalized spacial score (nSPS) is 13.0. The van der Waals surface area contributed by atoms with Crippen molar-refractivity contribution < 1.29 is 9.53 Å². The molecule has 2 aromatic carbocycles. The third-order valence-electron chi connectivity index (χ3n) is 3.50. The van der Waals surface area contributed by atoms with Gasteiger partial charge in [-0.25, -0.2) is 0 Å². The van der Waals surface area contributed by atoms with Crippen LogP contribution >= 0.6 is 11.6 Å². The number of halogens is 1. The predicted octanol–water partition coefficient (Wildman–Crippen LogP) is 3.12. The van der Waals surface area contributed by atoms with E-state index in [1.807, 2.05) is 36.4 Å². The zero-order chi connectivity index (χ0) is 15.4. The summed E-state index contributed by atoms with van der Waals surface area (Å²) in [6, 6.07) is 13.1. The smallest absolute Gasteiger partial charge is 0.176 e. The van der Waals surface area contributed by atoms with Crippen LogP contribution in [0.2, 0.25) is 5.02 Å². The molecule has 0 aliphatic carbocycles. The fraction of sp³-hybridized carbons (Fsp3) is 0.235. The van der Waals surface area contributed by atoms with Gasteiger partial charge in [0.15, 0.2) is 5.78 Å². The van der Waals surface area contributed by atoms with E-state index in [0.717, 1.165) is 23.5 Å². The molecule has 0 fully saturated rings. The lowest BCUT2D eigenvalue weighted by molar-refractivity contribution is 0.0991. The van der Waals surface area contributed by atoms with Crippen molar-refractivity contribution in [2.75, 3.05) is 25.0 Å². The van der Waals surface area contributed by atoms with Crippen molar-refractivity contribution in [2.24, 2.45) is 0 Å². The highest BCUT2D eigenvalue weighted by molar-refractivity contribution is 6.30. The molecule has 0 atom stereocenters. The van der Waals surface area contributed by atoms with Gasteiger partial charge in [0.25, 0.3) is 0 Å². The van der Waals surface area contributed by atoms with E-state index < -0.39 is 0 Å². The zero-order valence-corrected chi connectivity index (χ0v) is 12.8. The predicted molar refractivity (Wildman–Crippen MR) is 87.9 cm³/mol. The monoisotopic (exact) mass is 316 g/mol. The van der Waals surface area contributed by atoms with Crippen molar-refractivity contribution in [2.45, 2.75) is 6.54 Å². The lowest BCUT2D eigenvalue weighted by Gasteiger charge is -2.19. The minimum absolute atomic E-state index is 0.0594. The summed E-state index contributed by atoms with van der Waals surface area (Å²) in [5.74, 6) is 0.862. The Morgan fingerprint density at radius 3 is 2.86 bits per heavy atom. The van der Waals surface area contributed by atoms with Crippen LogP contribution in [0.4, 0.5) is 5.69 Å². The second-order valence-electron chi connectivity index (χ2n) is 5.14. The SMILES string of the molecule is O=C(CNCc1ccc(Cl)cc1)c1ccc2c(c1)NCCO2. The second kappa shape index (κ2) is 6.81. The van der Waals surface area contributed by atoms with Gasteiger partial charge in [0, 0.05) is 23.7 Å². The molecule has 1 aliphatic rings. The second-order valence-corrected chi connectivity index (χ2v) is 5.58. The van der Waals surface area contributed by atoms with Gasteiger partial charge in [0.05, 0.1) is 12.2 Å². The van der Waals surface area contributed by atoms with Crippen molar-refractivity contribution in [1.29, 1.82) is 0 Å². The maximum atomic E-state index is 12.2. The van der Waals surface area contributed by atoms with Gasteiger partial charge in [-0.3, -0.25) is 4.79 Å². The van der Waals surface area contributed by atoms with E-state index >= 15 is 0 Å². The molecule has 0 radical (unpaired) electrons. The number of carbonyl (C=O) groups excluding carboxylic acids is 1. The highest BCUT2D eigenvalue weighted by Gasteiger charge is 2.13. The van der Waals surface area contributed by atoms with Gasteiger partial charge in [0.1, 0.15) is 12.4 Å². The molecule has 1 aliphatic heterocycles. The third kappa shape index (κ3) is 3.59. The van der Waals surface area contributed by atoms with Crippen LogP contribution in [0.1, 0.15) is 15.9 Å². The Morgan fingerprint density at radius 1 is 1.23 bits per heavy atom. The molecule has 0 saturated carbocycles. The summed E-state index contributed by atoms with van der Waals surface area (Å²) >= 11 is 5.84. The molecule has 4 nitrogen and oxygen atoms in total. The van der Waals surface area contributed by atoms with E-state index in [4.69, 9.17) is 16.3 Å². The summed E-state index contributed by atoms with van der Waals surface area (Å²) in [7, 11) is 0. The summed E-state index contributed by atoms with van der Waals surface area (Å²) in [6.45, 7) is 2.35. The number of ether oxygens (including phenoxy) is 1. The number of ketones is 1. The summed E-state index contributed by atoms with van der Waals surface area (Å²) in [6.07, 6.45) is 0. The summed E-state index contributed by atoms with van der Waals surface area (Å²) in [5.41, 5.74) is 2.66. The molecule has 1 heterocycles. The molecule has 0 saturated heterocycles. The molecular weight excluding hydrogens is 300 g/mol. The number of hydrogen-bond acceptors (Lipinski definition) is 4. The van der Waals surface area contributed by atoms with Crippen LogP contribution in [0, 0.1) is 0 Å². The first-order valence-corrected chi connectivity index (χ1v) is 7.59. The standard InChI is InChI=1S/C17H17ClN2O2/c18-14-4-1-12(2-5-14)10-19-11-16(21)13-3-6-17-15(9-13)20-7-8-22-17/h1-6,9,19-20H,7-8,10-11H2. The molecule has 0 bridgehead atoms. The van der Waals surface area contributed by atoms with Gasteiger partial charge in [0.2, 0.25) is 0 Å². The number of carbonyl (C=O) groups is 1. The Morgan fingerprint density at radius 2 is 2.05 bits per heavy atom. The van der Waals surface area contributed by atoms with Crippen LogP contribution < -0.4 is 15.4 Å². The molecule has 0 spiro atoms. The maximum absolute atomic E-state index is 12.2. The van der Waals surface area contributed by atoms with E-state index in [1.165, 1.54) is 0 Å². The van der Waals surface area contributed by atoms with Gasteiger partial charge in [-0.05, 0) is 35.9 Å². The summed E-state index contributed by atoms with van der Waals surface area (Å²) < 4.78 is 5.51. The molecule has 3 rings (SSSR count). The number of nitrogens with one attached hydrogen (secondary N) is 2. The number of benzene rings is 2. The van der Waals surface area contributed by atoms with E-state index in [1.54, 1.807) is 6.07 Å². The maximum Gasteiger partial charge on any atom is 0.176 e. The number of fused-ring (bicyclic) bond motifs is 1. The largest absolute Gasteiger partial charge is 0.490 e. The molecule has 0 unspecified atom stereocenters.